The van der Waals surface area contributed by atoms with Crippen molar-refractivity contribution in [2.24, 2.45) is 0 Å². The molecular formula is C35H58O5Si. The minimum Gasteiger partial charge on any atom is -0.411 e. The van der Waals surface area contributed by atoms with Crippen LogP contribution in [0.2, 0.25) is 18.1 Å². The van der Waals surface area contributed by atoms with Crippen LogP contribution in [0.5, 0.6) is 0 Å². The zero-order chi connectivity index (χ0) is 29.7. The third kappa shape index (κ3) is 11.4. The van der Waals surface area contributed by atoms with E-state index in [0.29, 0.717) is 6.61 Å². The number of aliphatic hydroxyl groups excluding tert-OH is 1. The molecule has 0 spiro atoms. The topological polar surface area (TPSA) is 57.2 Å². The smallest absolute Gasteiger partial charge is 0.192 e. The van der Waals surface area contributed by atoms with Crippen LogP contribution >= 0.6 is 0 Å². The molecule has 2 heterocycles. The van der Waals surface area contributed by atoms with Gasteiger partial charge < -0.3 is 23.7 Å². The van der Waals surface area contributed by atoms with Crippen molar-refractivity contribution >= 4 is 8.32 Å². The molecule has 0 aliphatic carbocycles. The normalized spacial score (nSPS) is 24.7. The van der Waals surface area contributed by atoms with Gasteiger partial charge in [-0.05, 0) is 37.4 Å². The molecule has 0 aromatic heterocycles. The molecule has 0 amide bonds. The Labute approximate surface area is 252 Å². The minimum atomic E-state index is -1.95. The molecule has 2 aliphatic rings. The van der Waals surface area contributed by atoms with E-state index in [1.54, 1.807) is 0 Å². The van der Waals surface area contributed by atoms with Crippen LogP contribution in [-0.2, 0) is 18.6 Å². The number of hydrogen-bond donors (Lipinski definition) is 1. The van der Waals surface area contributed by atoms with Crippen LogP contribution in [0.15, 0.2) is 30.3 Å². The maximum atomic E-state index is 10.9. The summed E-state index contributed by atoms with van der Waals surface area (Å²) in [5.74, 6) is 6.08. The zero-order valence-electron chi connectivity index (χ0n) is 26.8. The van der Waals surface area contributed by atoms with Gasteiger partial charge in [0.25, 0.3) is 0 Å². The molecule has 3 rings (SSSR count). The zero-order valence-corrected chi connectivity index (χ0v) is 27.8. The van der Waals surface area contributed by atoms with E-state index in [1.165, 1.54) is 64.2 Å². The molecule has 1 aromatic rings. The standard InChI is InChI=1S/C35H58O5Si/c1-7-8-9-10-11-12-13-14-15-19-22-33(40-41(5,6)35(2,3)4)32-26-25-31(39-32)30(36)24-23-29-27-37-34(38-29)28-20-17-16-18-21-28/h16-18,20-21,29-34,36H,7-15,19,22,25-27H2,1-6H3/t29-,30+,31+,32+,33+,34?/m0/s1. The van der Waals surface area contributed by atoms with Crippen molar-refractivity contribution in [1.29, 1.82) is 0 Å². The molecular weight excluding hydrogens is 528 g/mol. The molecule has 6 heteroatoms. The third-order valence-electron chi connectivity index (χ3n) is 9.10. The Bertz CT molecular complexity index is 918. The summed E-state index contributed by atoms with van der Waals surface area (Å²) < 4.78 is 25.1. The summed E-state index contributed by atoms with van der Waals surface area (Å²) in [6.07, 6.45) is 14.2. The molecule has 0 saturated carbocycles. The molecule has 232 valence electrons. The SMILES string of the molecule is CCCCCCCCCCCC[C@@H](O[Si](C)(C)C(C)(C)C)[C@H]1CC[C@H]([C@H](O)C#C[C@H]2COC(c3ccccc3)O2)O1. The van der Waals surface area contributed by atoms with E-state index in [9.17, 15) is 5.11 Å². The second-order valence-electron chi connectivity index (χ2n) is 13.6. The Morgan fingerprint density at radius 2 is 1.51 bits per heavy atom. The van der Waals surface area contributed by atoms with E-state index in [1.807, 2.05) is 30.3 Å². The summed E-state index contributed by atoms with van der Waals surface area (Å²) in [5, 5.41) is 11.0. The fourth-order valence-corrected chi connectivity index (χ4v) is 6.82. The van der Waals surface area contributed by atoms with E-state index in [4.69, 9.17) is 18.6 Å². The Morgan fingerprint density at radius 1 is 0.902 bits per heavy atom. The molecule has 1 aromatic carbocycles. The van der Waals surface area contributed by atoms with E-state index in [0.717, 1.165) is 24.8 Å². The first-order valence-corrected chi connectivity index (χ1v) is 19.4. The summed E-state index contributed by atoms with van der Waals surface area (Å²) in [6.45, 7) is 14.2. The molecule has 0 radical (unpaired) electrons. The largest absolute Gasteiger partial charge is 0.411 e. The molecule has 2 fully saturated rings. The van der Waals surface area contributed by atoms with Gasteiger partial charge in [0, 0.05) is 5.56 Å². The monoisotopic (exact) mass is 586 g/mol. The number of unbranched alkanes of at least 4 members (excludes halogenated alkanes) is 9. The van der Waals surface area contributed by atoms with Crippen molar-refractivity contribution in [2.75, 3.05) is 6.61 Å². The van der Waals surface area contributed by atoms with Crippen LogP contribution in [0.3, 0.4) is 0 Å². The van der Waals surface area contributed by atoms with E-state index in [2.05, 4.69) is 52.6 Å². The van der Waals surface area contributed by atoms with Gasteiger partial charge in [-0.2, -0.15) is 0 Å². The average Bonchev–Trinajstić information content (AvgIpc) is 3.62. The maximum Gasteiger partial charge on any atom is 0.192 e. The lowest BCUT2D eigenvalue weighted by molar-refractivity contribution is -0.0604. The molecule has 0 bridgehead atoms. The van der Waals surface area contributed by atoms with E-state index >= 15 is 0 Å². The molecule has 2 saturated heterocycles. The Morgan fingerprint density at radius 3 is 2.15 bits per heavy atom. The van der Waals surface area contributed by atoms with Gasteiger partial charge in [0.1, 0.15) is 12.2 Å². The highest BCUT2D eigenvalue weighted by Gasteiger charge is 2.43. The maximum absolute atomic E-state index is 10.9. The van der Waals surface area contributed by atoms with Crippen LogP contribution in [0.1, 0.15) is 123 Å². The number of rotatable bonds is 16. The van der Waals surface area contributed by atoms with Crippen molar-refractivity contribution in [3.8, 4) is 11.8 Å². The lowest BCUT2D eigenvalue weighted by Crippen LogP contribution is -2.47. The van der Waals surface area contributed by atoms with Crippen molar-refractivity contribution in [3.05, 3.63) is 35.9 Å². The second-order valence-corrected chi connectivity index (χ2v) is 18.4. The van der Waals surface area contributed by atoms with Crippen molar-refractivity contribution < 1.29 is 23.7 Å². The predicted molar refractivity (Wildman–Crippen MR) is 170 cm³/mol. The summed E-state index contributed by atoms with van der Waals surface area (Å²) >= 11 is 0. The first kappa shape index (κ1) is 34.3. The first-order valence-electron chi connectivity index (χ1n) is 16.4. The van der Waals surface area contributed by atoms with Gasteiger partial charge >= 0.3 is 0 Å². The Hall–Kier alpha value is -1.20. The fourth-order valence-electron chi connectivity index (χ4n) is 5.44. The van der Waals surface area contributed by atoms with Crippen LogP contribution in [0.25, 0.3) is 0 Å². The summed E-state index contributed by atoms with van der Waals surface area (Å²) in [5.41, 5.74) is 0.981. The van der Waals surface area contributed by atoms with Crippen molar-refractivity contribution in [2.45, 2.75) is 166 Å². The summed E-state index contributed by atoms with van der Waals surface area (Å²) in [7, 11) is -1.95. The lowest BCUT2D eigenvalue weighted by Gasteiger charge is -2.41. The molecule has 6 atom stereocenters. The third-order valence-corrected chi connectivity index (χ3v) is 13.6. The van der Waals surface area contributed by atoms with E-state index < -0.39 is 20.7 Å². The van der Waals surface area contributed by atoms with E-state index in [-0.39, 0.29) is 29.5 Å². The first-order chi connectivity index (χ1) is 19.6. The highest BCUT2D eigenvalue weighted by molar-refractivity contribution is 6.74. The lowest BCUT2D eigenvalue weighted by atomic mass is 10.0. The molecule has 1 unspecified atom stereocenters. The molecule has 2 aliphatic heterocycles. The van der Waals surface area contributed by atoms with Crippen LogP contribution in [-0.4, -0.2) is 50.6 Å². The molecule has 5 nitrogen and oxygen atoms in total. The summed E-state index contributed by atoms with van der Waals surface area (Å²) in [6, 6.07) is 9.88. The summed E-state index contributed by atoms with van der Waals surface area (Å²) in [4.78, 5) is 0. The predicted octanol–water partition coefficient (Wildman–Crippen LogP) is 8.71. The van der Waals surface area contributed by atoms with Crippen LogP contribution < -0.4 is 0 Å². The highest BCUT2D eigenvalue weighted by atomic mass is 28.4. The Kier molecular flexibility index (Phi) is 14.4. The quantitative estimate of drug-likeness (QED) is 0.119. The van der Waals surface area contributed by atoms with Gasteiger partial charge in [0.15, 0.2) is 14.6 Å². The van der Waals surface area contributed by atoms with Gasteiger partial charge in [0.2, 0.25) is 0 Å². The van der Waals surface area contributed by atoms with Gasteiger partial charge in [-0.3, -0.25) is 0 Å². The van der Waals surface area contributed by atoms with Crippen LogP contribution in [0, 0.1) is 11.8 Å². The highest BCUT2D eigenvalue weighted by Crippen LogP contribution is 2.40. The number of hydrogen-bond acceptors (Lipinski definition) is 5. The van der Waals surface area contributed by atoms with Gasteiger partial charge in [-0.1, -0.05) is 134 Å². The second kappa shape index (κ2) is 17.2. The van der Waals surface area contributed by atoms with Gasteiger partial charge in [-0.15, -0.1) is 0 Å². The Balaban J connectivity index is 1.47. The fraction of sp³-hybridized carbons (Fsp3) is 0.771. The molecule has 1 N–H and O–H groups in total. The average molecular weight is 587 g/mol. The van der Waals surface area contributed by atoms with Crippen molar-refractivity contribution in [3.63, 3.8) is 0 Å². The van der Waals surface area contributed by atoms with Gasteiger partial charge in [-0.25, -0.2) is 0 Å². The van der Waals surface area contributed by atoms with Gasteiger partial charge in [0.05, 0.1) is 24.9 Å². The number of aliphatic hydroxyl groups is 1. The van der Waals surface area contributed by atoms with Crippen LogP contribution in [0.4, 0.5) is 0 Å². The molecule has 41 heavy (non-hydrogen) atoms. The minimum absolute atomic E-state index is 0.0117. The van der Waals surface area contributed by atoms with Crippen molar-refractivity contribution in [1.82, 2.24) is 0 Å². The number of benzene rings is 1. The number of ether oxygens (including phenoxy) is 3.